The van der Waals surface area contributed by atoms with Crippen molar-refractivity contribution in [3.63, 3.8) is 0 Å². The van der Waals surface area contributed by atoms with Crippen LogP contribution in [-0.4, -0.2) is 16.4 Å². The molecule has 0 saturated heterocycles. The second kappa shape index (κ2) is 6.67. The fourth-order valence-corrected chi connectivity index (χ4v) is 3.09. The van der Waals surface area contributed by atoms with Gasteiger partial charge in [-0.3, -0.25) is 4.52 Å². The van der Waals surface area contributed by atoms with Crippen LogP contribution in [-0.2, 0) is 15.5 Å². The van der Waals surface area contributed by atoms with E-state index in [1.165, 1.54) is 36.8 Å². The summed E-state index contributed by atoms with van der Waals surface area (Å²) in [5, 5.41) is 0. The third kappa shape index (κ3) is 5.07. The Morgan fingerprint density at radius 2 is 2.00 bits per heavy atom. The Morgan fingerprint density at radius 3 is 2.68 bits per heavy atom. The van der Waals surface area contributed by atoms with Gasteiger partial charge in [-0.25, -0.2) is 4.57 Å². The summed E-state index contributed by atoms with van der Waals surface area (Å²) in [5.74, 6) is 0.700. The van der Waals surface area contributed by atoms with Crippen molar-refractivity contribution >= 4 is 7.82 Å². The Kier molecular flexibility index (Phi) is 5.17. The van der Waals surface area contributed by atoms with Crippen molar-refractivity contribution in [1.82, 2.24) is 0 Å². The fraction of sp³-hybridized carbons (Fsp3) is 0.571. The topological polar surface area (TPSA) is 66.8 Å². The molecule has 1 fully saturated rings. The summed E-state index contributed by atoms with van der Waals surface area (Å²) >= 11 is 0. The van der Waals surface area contributed by atoms with Gasteiger partial charge >= 0.3 is 7.82 Å². The number of benzene rings is 1. The lowest BCUT2D eigenvalue weighted by Crippen LogP contribution is -1.97. The summed E-state index contributed by atoms with van der Waals surface area (Å²) in [4.78, 5) is 17.2. The van der Waals surface area contributed by atoms with E-state index in [-0.39, 0.29) is 6.61 Å². The van der Waals surface area contributed by atoms with Gasteiger partial charge in [0.15, 0.2) is 0 Å². The molecule has 1 aromatic rings. The SMILES string of the molecule is O=P(O)(O)OCCCc1cccc(C2CCCC2)c1. The van der Waals surface area contributed by atoms with Crippen LogP contribution in [0.15, 0.2) is 24.3 Å². The number of aryl methyl sites for hydroxylation is 1. The van der Waals surface area contributed by atoms with Crippen molar-refractivity contribution in [3.8, 4) is 0 Å². The van der Waals surface area contributed by atoms with E-state index in [0.29, 0.717) is 12.3 Å². The van der Waals surface area contributed by atoms with E-state index in [2.05, 4.69) is 28.8 Å². The molecule has 106 valence electrons. The van der Waals surface area contributed by atoms with E-state index in [1.54, 1.807) is 0 Å². The van der Waals surface area contributed by atoms with Crippen molar-refractivity contribution in [2.75, 3.05) is 6.61 Å². The molecule has 1 aliphatic carbocycles. The lowest BCUT2D eigenvalue weighted by Gasteiger charge is -2.11. The van der Waals surface area contributed by atoms with Gasteiger partial charge in [0.25, 0.3) is 0 Å². The highest BCUT2D eigenvalue weighted by Crippen LogP contribution is 2.36. The minimum absolute atomic E-state index is 0.0952. The predicted octanol–water partition coefficient (Wildman–Crippen LogP) is 3.39. The minimum Gasteiger partial charge on any atom is -0.303 e. The third-order valence-corrected chi connectivity index (χ3v) is 4.17. The second-order valence-electron chi connectivity index (χ2n) is 5.15. The number of hydrogen-bond donors (Lipinski definition) is 2. The molecule has 1 aliphatic rings. The normalized spacial score (nSPS) is 16.9. The highest BCUT2D eigenvalue weighted by molar-refractivity contribution is 7.46. The van der Waals surface area contributed by atoms with Gasteiger partial charge in [-0.05, 0) is 42.7 Å². The molecule has 4 nitrogen and oxygen atoms in total. The Balaban J connectivity index is 1.83. The number of phosphoric acid groups is 1. The van der Waals surface area contributed by atoms with Crippen LogP contribution < -0.4 is 0 Å². The first-order valence-electron chi connectivity index (χ1n) is 6.83. The van der Waals surface area contributed by atoms with Crippen LogP contribution in [0.3, 0.4) is 0 Å². The van der Waals surface area contributed by atoms with Crippen molar-refractivity contribution in [2.24, 2.45) is 0 Å². The summed E-state index contributed by atoms with van der Waals surface area (Å²) < 4.78 is 15.0. The van der Waals surface area contributed by atoms with Gasteiger partial charge in [0.05, 0.1) is 6.61 Å². The molecule has 0 radical (unpaired) electrons. The average Bonchev–Trinajstić information content (AvgIpc) is 2.88. The first-order valence-corrected chi connectivity index (χ1v) is 8.36. The first-order chi connectivity index (χ1) is 9.04. The highest BCUT2D eigenvalue weighted by atomic mass is 31.2. The Bertz CT molecular complexity index is 449. The van der Waals surface area contributed by atoms with Crippen LogP contribution in [0.1, 0.15) is 49.1 Å². The summed E-state index contributed by atoms with van der Waals surface area (Å²) in [6, 6.07) is 8.56. The molecule has 0 aliphatic heterocycles. The lowest BCUT2D eigenvalue weighted by atomic mass is 9.95. The number of phosphoric ester groups is 1. The molecule has 0 bridgehead atoms. The minimum atomic E-state index is -4.31. The van der Waals surface area contributed by atoms with Crippen LogP contribution >= 0.6 is 7.82 Å². The van der Waals surface area contributed by atoms with E-state index < -0.39 is 7.82 Å². The first kappa shape index (κ1) is 14.7. The molecule has 5 heteroatoms. The molecule has 0 spiro atoms. The van der Waals surface area contributed by atoms with Crippen LogP contribution in [0.4, 0.5) is 0 Å². The van der Waals surface area contributed by atoms with E-state index in [0.717, 1.165) is 6.42 Å². The Labute approximate surface area is 114 Å². The summed E-state index contributed by atoms with van der Waals surface area (Å²) in [5.41, 5.74) is 2.63. The molecular formula is C14H21O4P. The standard InChI is InChI=1S/C14H21O4P/c15-19(16,17)18-10-4-6-12-5-3-9-14(11-12)13-7-1-2-8-13/h3,5,9,11,13H,1-2,4,6-8,10H2,(H2,15,16,17). The smallest absolute Gasteiger partial charge is 0.303 e. The quantitative estimate of drug-likeness (QED) is 0.620. The summed E-state index contributed by atoms with van der Waals surface area (Å²) in [6.07, 6.45) is 6.63. The maximum atomic E-state index is 10.5. The Morgan fingerprint density at radius 1 is 1.26 bits per heavy atom. The van der Waals surface area contributed by atoms with Crippen molar-refractivity contribution in [2.45, 2.75) is 44.4 Å². The summed E-state index contributed by atoms with van der Waals surface area (Å²) in [7, 11) is -4.31. The van der Waals surface area contributed by atoms with Crippen LogP contribution in [0.2, 0.25) is 0 Å². The largest absolute Gasteiger partial charge is 0.469 e. The third-order valence-electron chi connectivity index (χ3n) is 3.65. The second-order valence-corrected chi connectivity index (χ2v) is 6.39. The molecule has 0 unspecified atom stereocenters. The van der Waals surface area contributed by atoms with E-state index >= 15 is 0 Å². The molecule has 1 saturated carbocycles. The zero-order valence-corrected chi connectivity index (χ0v) is 11.9. The molecule has 0 atom stereocenters. The van der Waals surface area contributed by atoms with Crippen LogP contribution in [0.25, 0.3) is 0 Å². The summed E-state index contributed by atoms with van der Waals surface area (Å²) in [6.45, 7) is 0.0952. The zero-order chi connectivity index (χ0) is 13.7. The zero-order valence-electron chi connectivity index (χ0n) is 11.0. The average molecular weight is 284 g/mol. The van der Waals surface area contributed by atoms with Gasteiger partial charge in [0.2, 0.25) is 0 Å². The van der Waals surface area contributed by atoms with Gasteiger partial charge in [-0.2, -0.15) is 0 Å². The number of rotatable bonds is 6. The van der Waals surface area contributed by atoms with Crippen LogP contribution in [0.5, 0.6) is 0 Å². The molecule has 0 heterocycles. The van der Waals surface area contributed by atoms with Crippen molar-refractivity contribution in [1.29, 1.82) is 0 Å². The monoisotopic (exact) mass is 284 g/mol. The highest BCUT2D eigenvalue weighted by Gasteiger charge is 2.17. The van der Waals surface area contributed by atoms with Gasteiger partial charge < -0.3 is 9.79 Å². The van der Waals surface area contributed by atoms with Gasteiger partial charge in [-0.1, -0.05) is 37.1 Å². The molecule has 1 aromatic carbocycles. The lowest BCUT2D eigenvalue weighted by molar-refractivity contribution is 0.195. The molecule has 2 N–H and O–H groups in total. The maximum Gasteiger partial charge on any atom is 0.469 e. The van der Waals surface area contributed by atoms with E-state index in [1.807, 2.05) is 0 Å². The maximum absolute atomic E-state index is 10.5. The predicted molar refractivity (Wildman–Crippen MR) is 74.0 cm³/mol. The van der Waals surface area contributed by atoms with Crippen molar-refractivity contribution in [3.05, 3.63) is 35.4 Å². The Hall–Kier alpha value is -0.670. The molecule has 19 heavy (non-hydrogen) atoms. The molecule has 2 rings (SSSR count). The molecular weight excluding hydrogens is 263 g/mol. The van der Waals surface area contributed by atoms with Crippen LogP contribution in [0, 0.1) is 0 Å². The molecule has 0 amide bonds. The van der Waals surface area contributed by atoms with Gasteiger partial charge in [-0.15, -0.1) is 0 Å². The van der Waals surface area contributed by atoms with Gasteiger partial charge in [0, 0.05) is 0 Å². The van der Waals surface area contributed by atoms with E-state index in [9.17, 15) is 4.57 Å². The fourth-order valence-electron chi connectivity index (χ4n) is 2.72. The number of hydrogen-bond acceptors (Lipinski definition) is 2. The molecule has 0 aromatic heterocycles. The van der Waals surface area contributed by atoms with Crippen molar-refractivity contribution < 1.29 is 18.9 Å². The van der Waals surface area contributed by atoms with E-state index in [4.69, 9.17) is 9.79 Å². The van der Waals surface area contributed by atoms with Gasteiger partial charge in [0.1, 0.15) is 0 Å².